The molecule has 0 spiro atoms. The largest absolute Gasteiger partial charge is 0.756 e. The van der Waals surface area contributed by atoms with Crippen LogP contribution in [-0.2, 0) is 18.4 Å². The highest BCUT2D eigenvalue weighted by atomic mass is 31.2. The number of rotatable bonds is 71. The van der Waals surface area contributed by atoms with Gasteiger partial charge in [0.15, 0.2) is 0 Å². The Labute approximate surface area is 559 Å². The normalized spacial score (nSPS) is 14.1. The van der Waals surface area contributed by atoms with Gasteiger partial charge in [-0.1, -0.05) is 368 Å². The van der Waals surface area contributed by atoms with Gasteiger partial charge in [-0.2, -0.15) is 0 Å². The third-order valence-electron chi connectivity index (χ3n) is 17.3. The maximum atomic E-state index is 13.1. The molecule has 0 rings (SSSR count). The minimum Gasteiger partial charge on any atom is -0.756 e. The number of nitrogens with one attached hydrogen (secondary N) is 1. The lowest BCUT2D eigenvalue weighted by atomic mass is 10.0. The number of amides is 1. The van der Waals surface area contributed by atoms with Crippen LogP contribution in [0, 0.1) is 0 Å². The lowest BCUT2D eigenvalue weighted by Crippen LogP contribution is -2.45. The van der Waals surface area contributed by atoms with Gasteiger partial charge in [0.25, 0.3) is 7.82 Å². The number of unbranched alkanes of at least 4 members (excludes halogenated alkanes) is 44. The van der Waals surface area contributed by atoms with Gasteiger partial charge in [0, 0.05) is 6.42 Å². The minimum absolute atomic E-state index is 0.00742. The van der Waals surface area contributed by atoms with Crippen LogP contribution in [0.15, 0.2) is 97.2 Å². The molecule has 3 unspecified atom stereocenters. The quantitative estimate of drug-likeness (QED) is 0.0272. The van der Waals surface area contributed by atoms with Gasteiger partial charge in [-0.05, 0) is 83.5 Å². The summed E-state index contributed by atoms with van der Waals surface area (Å²) >= 11 is 0. The Morgan fingerprint density at radius 2 is 0.689 bits per heavy atom. The number of phosphoric acid groups is 1. The van der Waals surface area contributed by atoms with Crippen molar-refractivity contribution in [2.75, 3.05) is 40.9 Å². The second kappa shape index (κ2) is 70.7. The molecule has 8 nitrogen and oxygen atoms in total. The molecule has 2 N–H and O–H groups in total. The maximum Gasteiger partial charge on any atom is 0.268 e. The predicted molar refractivity (Wildman–Crippen MR) is 394 cm³/mol. The number of aliphatic hydroxyl groups excluding tert-OH is 1. The first-order valence-electron chi connectivity index (χ1n) is 38.6. The third kappa shape index (κ3) is 72.8. The number of hydrogen-bond acceptors (Lipinski definition) is 6. The van der Waals surface area contributed by atoms with Gasteiger partial charge in [-0.3, -0.25) is 9.36 Å². The van der Waals surface area contributed by atoms with E-state index in [1.165, 1.54) is 263 Å². The molecule has 3 atom stereocenters. The molecule has 0 heterocycles. The van der Waals surface area contributed by atoms with Crippen LogP contribution in [0.4, 0.5) is 0 Å². The van der Waals surface area contributed by atoms with Gasteiger partial charge >= 0.3 is 0 Å². The Morgan fingerprint density at radius 3 is 1.03 bits per heavy atom. The Hall–Kier alpha value is -2.58. The van der Waals surface area contributed by atoms with Crippen molar-refractivity contribution in [1.82, 2.24) is 5.32 Å². The number of aliphatic hydroxyl groups is 1. The van der Waals surface area contributed by atoms with E-state index in [1.54, 1.807) is 6.08 Å². The van der Waals surface area contributed by atoms with Crippen molar-refractivity contribution in [2.24, 2.45) is 0 Å². The van der Waals surface area contributed by atoms with E-state index < -0.39 is 26.6 Å². The molecule has 0 aliphatic rings. The monoisotopic (exact) mass is 1280 g/mol. The SMILES string of the molecule is CC/C=C\C/C=C\C/C=C\C/C=C\C/C=C\C/C=C\CCCCCCCCCCCCCCCCCCCCCCC(=O)NC(COP(=O)([O-])OCC[N+](C)(C)C)C(O)/C=C/CC/C=C/CCCCCCCCCCCCCCCCCCCCCCCCC. The number of hydrogen-bond donors (Lipinski definition) is 2. The average Bonchev–Trinajstić information content (AvgIpc) is 3.72. The fraction of sp³-hybridized carbons (Fsp3) is 0.790. The highest BCUT2D eigenvalue weighted by molar-refractivity contribution is 7.45. The lowest BCUT2D eigenvalue weighted by Gasteiger charge is -2.29. The predicted octanol–water partition coefficient (Wildman–Crippen LogP) is 24.6. The zero-order chi connectivity index (χ0) is 65.5. The van der Waals surface area contributed by atoms with Gasteiger partial charge in [-0.25, -0.2) is 0 Å². The van der Waals surface area contributed by atoms with Crippen LogP contribution >= 0.6 is 7.82 Å². The summed E-state index contributed by atoms with van der Waals surface area (Å²) < 4.78 is 23.5. The van der Waals surface area contributed by atoms with E-state index in [0.29, 0.717) is 17.4 Å². The van der Waals surface area contributed by atoms with E-state index in [0.717, 1.165) is 77.0 Å². The van der Waals surface area contributed by atoms with Crippen molar-refractivity contribution >= 4 is 13.7 Å². The van der Waals surface area contributed by atoms with E-state index in [4.69, 9.17) is 9.05 Å². The van der Waals surface area contributed by atoms with E-state index in [1.807, 2.05) is 27.2 Å². The first-order valence-corrected chi connectivity index (χ1v) is 40.1. The number of carbonyl (C=O) groups excluding carboxylic acids is 1. The number of allylic oxidation sites excluding steroid dienone is 15. The van der Waals surface area contributed by atoms with Gasteiger partial charge in [0.05, 0.1) is 39.9 Å². The van der Waals surface area contributed by atoms with E-state index >= 15 is 0 Å². The molecule has 0 aliphatic heterocycles. The molecule has 0 aromatic carbocycles. The number of carbonyl (C=O) groups is 1. The number of phosphoric ester groups is 1. The van der Waals surface area contributed by atoms with Crippen LogP contribution < -0.4 is 10.2 Å². The van der Waals surface area contributed by atoms with E-state index in [9.17, 15) is 19.4 Å². The van der Waals surface area contributed by atoms with E-state index in [-0.39, 0.29) is 12.5 Å². The fourth-order valence-electron chi connectivity index (χ4n) is 11.4. The Balaban J connectivity index is 4.01. The molecule has 90 heavy (non-hydrogen) atoms. The van der Waals surface area contributed by atoms with Crippen molar-refractivity contribution in [3.8, 4) is 0 Å². The molecular formula is C81H149N2O6P. The molecule has 0 aromatic heterocycles. The highest BCUT2D eigenvalue weighted by Gasteiger charge is 2.23. The van der Waals surface area contributed by atoms with Crippen molar-refractivity contribution in [3.63, 3.8) is 0 Å². The van der Waals surface area contributed by atoms with Crippen LogP contribution in [0.25, 0.3) is 0 Å². The summed E-state index contributed by atoms with van der Waals surface area (Å²) in [6.45, 7) is 4.56. The van der Waals surface area contributed by atoms with Crippen LogP contribution in [-0.4, -0.2) is 68.5 Å². The van der Waals surface area contributed by atoms with Crippen LogP contribution in [0.3, 0.4) is 0 Å². The summed E-state index contributed by atoms with van der Waals surface area (Å²) in [6.07, 6.45) is 103. The molecule has 0 fully saturated rings. The minimum atomic E-state index is -4.62. The molecule has 0 radical (unpaired) electrons. The maximum absolute atomic E-state index is 13.1. The Morgan fingerprint density at radius 1 is 0.400 bits per heavy atom. The van der Waals surface area contributed by atoms with Crippen molar-refractivity contribution in [2.45, 2.75) is 373 Å². The van der Waals surface area contributed by atoms with Gasteiger partial charge in [0.1, 0.15) is 13.2 Å². The van der Waals surface area contributed by atoms with Crippen LogP contribution in [0.2, 0.25) is 0 Å². The fourth-order valence-corrected chi connectivity index (χ4v) is 12.1. The first kappa shape index (κ1) is 87.4. The summed E-state index contributed by atoms with van der Waals surface area (Å²) in [7, 11) is 1.25. The van der Waals surface area contributed by atoms with Gasteiger partial charge < -0.3 is 28.8 Å². The molecule has 0 bridgehead atoms. The van der Waals surface area contributed by atoms with Crippen LogP contribution in [0.5, 0.6) is 0 Å². The topological polar surface area (TPSA) is 108 Å². The smallest absolute Gasteiger partial charge is 0.268 e. The Bertz CT molecular complexity index is 1790. The summed E-state index contributed by atoms with van der Waals surface area (Å²) in [5, 5.41) is 14.0. The zero-order valence-corrected chi connectivity index (χ0v) is 61.0. The summed E-state index contributed by atoms with van der Waals surface area (Å²) in [5.41, 5.74) is 0. The zero-order valence-electron chi connectivity index (χ0n) is 60.1. The number of nitrogens with zero attached hydrogens (tertiary/aromatic N) is 1. The second-order valence-corrected chi connectivity index (χ2v) is 28.7. The molecule has 0 saturated heterocycles. The summed E-state index contributed by atoms with van der Waals surface area (Å²) in [4.78, 5) is 25.7. The van der Waals surface area contributed by atoms with Crippen molar-refractivity contribution in [1.29, 1.82) is 0 Å². The Kier molecular flexibility index (Phi) is 68.7. The van der Waals surface area contributed by atoms with Gasteiger partial charge in [-0.15, -0.1) is 0 Å². The number of quaternary nitrogens is 1. The molecule has 0 saturated carbocycles. The molecule has 0 aliphatic carbocycles. The van der Waals surface area contributed by atoms with Crippen molar-refractivity contribution in [3.05, 3.63) is 97.2 Å². The summed E-state index contributed by atoms with van der Waals surface area (Å²) in [6, 6.07) is -0.908. The van der Waals surface area contributed by atoms with Crippen molar-refractivity contribution < 1.29 is 32.9 Å². The second-order valence-electron chi connectivity index (χ2n) is 27.3. The third-order valence-corrected chi connectivity index (χ3v) is 18.2. The van der Waals surface area contributed by atoms with E-state index in [2.05, 4.69) is 104 Å². The average molecular weight is 1280 g/mol. The molecule has 524 valence electrons. The number of likely N-dealkylation sites (N-methyl/N-ethyl adjacent to an activating group) is 1. The molecule has 0 aromatic rings. The molecule has 9 heteroatoms. The summed E-state index contributed by atoms with van der Waals surface area (Å²) in [5.74, 6) is -0.203. The standard InChI is InChI=1S/C81H149N2O6P/c1-6-8-10-12-14-16-18-20-22-24-26-28-30-32-34-36-37-38-39-40-41-42-43-44-45-47-49-51-53-55-57-59-61-63-65-67-69-71-73-75-81(85)82-79(78-89-90(86,87)88-77-76-83(3,4)5)80(84)74-72-70-68-66-64-62-60-58-56-54-52-50-48-46-35-33-31-29-27-25-23-21-19-17-15-13-11-9-7-2/h8,10,14,16,20,22,26,28,32,34,37-38,64,66,72,74,79-80,84H,6-7,9,11-13,15,17-19,21,23-25,27,29-31,33,35-36,39-63,65,67-71,73,75-78H2,1-5H3,(H-,82,85,86,87)/b10-8-,16-14-,22-20-,28-26-,34-32-,38-37-,66-64+,74-72+. The molecule has 1 amide bonds. The first-order chi connectivity index (χ1) is 44.0. The lowest BCUT2D eigenvalue weighted by molar-refractivity contribution is -0.870. The highest BCUT2D eigenvalue weighted by Crippen LogP contribution is 2.38. The van der Waals surface area contributed by atoms with Crippen LogP contribution in [0.1, 0.15) is 361 Å². The van der Waals surface area contributed by atoms with Gasteiger partial charge in [0.2, 0.25) is 5.91 Å². The molecular weight excluding hydrogens is 1130 g/mol.